The van der Waals surface area contributed by atoms with E-state index in [-0.39, 0.29) is 0 Å². The van der Waals surface area contributed by atoms with Crippen molar-refractivity contribution in [3.63, 3.8) is 0 Å². The van der Waals surface area contributed by atoms with Gasteiger partial charge in [0.25, 0.3) is 0 Å². The van der Waals surface area contributed by atoms with E-state index in [0.29, 0.717) is 0 Å². The number of anilines is 3. The lowest BCUT2D eigenvalue weighted by Crippen LogP contribution is -2.26. The maximum absolute atomic E-state index is 6.38. The first-order chi connectivity index (χ1) is 36.2. The maximum Gasteiger partial charge on any atom is 0.136 e. The highest BCUT2D eigenvalue weighted by Gasteiger charge is 2.52. The Morgan fingerprint density at radius 3 is 1.55 bits per heavy atom. The zero-order valence-electron chi connectivity index (χ0n) is 39.8. The van der Waals surface area contributed by atoms with Gasteiger partial charge in [-0.2, -0.15) is 0 Å². The number of para-hydroxylation sites is 1. The smallest absolute Gasteiger partial charge is 0.136 e. The molecule has 0 bridgehead atoms. The van der Waals surface area contributed by atoms with Crippen LogP contribution < -0.4 is 4.90 Å². The van der Waals surface area contributed by atoms with Gasteiger partial charge in [0.05, 0.1) is 11.1 Å². The van der Waals surface area contributed by atoms with Crippen molar-refractivity contribution in [1.29, 1.82) is 0 Å². The summed E-state index contributed by atoms with van der Waals surface area (Å²) in [7, 11) is 0. The van der Waals surface area contributed by atoms with Crippen molar-refractivity contribution in [2.24, 2.45) is 0 Å². The Labute approximate surface area is 424 Å². The molecule has 0 atom stereocenters. The molecule has 13 aromatic rings. The van der Waals surface area contributed by atoms with Gasteiger partial charge in [-0.3, -0.25) is 0 Å². The summed E-state index contributed by atoms with van der Waals surface area (Å²) >= 11 is 0. The molecule has 0 radical (unpaired) electrons. The van der Waals surface area contributed by atoms with Gasteiger partial charge in [0, 0.05) is 27.7 Å². The quantitative estimate of drug-likeness (QED) is 0.158. The van der Waals surface area contributed by atoms with Crippen LogP contribution in [0.15, 0.2) is 277 Å². The van der Waals surface area contributed by atoms with Crippen molar-refractivity contribution < 1.29 is 4.42 Å². The molecule has 73 heavy (non-hydrogen) atoms. The van der Waals surface area contributed by atoms with Crippen molar-refractivity contribution in [1.82, 2.24) is 0 Å². The fourth-order valence-electron chi connectivity index (χ4n) is 12.6. The normalized spacial score (nSPS) is 12.8. The van der Waals surface area contributed by atoms with Gasteiger partial charge in [-0.1, -0.05) is 218 Å². The zero-order valence-corrected chi connectivity index (χ0v) is 39.8. The molecule has 12 aromatic carbocycles. The largest absolute Gasteiger partial charge is 0.456 e. The average molecular weight is 928 g/mol. The van der Waals surface area contributed by atoms with Crippen molar-refractivity contribution in [2.75, 3.05) is 4.90 Å². The Balaban J connectivity index is 0.993. The molecule has 0 amide bonds. The third kappa shape index (κ3) is 6.24. The molecule has 2 nitrogen and oxygen atoms in total. The first kappa shape index (κ1) is 41.3. The second-order valence-electron chi connectivity index (χ2n) is 19.5. The van der Waals surface area contributed by atoms with Crippen molar-refractivity contribution in [3.8, 4) is 66.8 Å². The molecule has 0 unspecified atom stereocenters. The molecular weight excluding hydrogens is 883 g/mol. The van der Waals surface area contributed by atoms with Gasteiger partial charge in [0.2, 0.25) is 0 Å². The summed E-state index contributed by atoms with van der Waals surface area (Å²) in [4.78, 5) is 2.49. The molecule has 0 saturated heterocycles. The Bertz CT molecular complexity index is 4250. The van der Waals surface area contributed by atoms with E-state index in [1.807, 2.05) is 12.1 Å². The van der Waals surface area contributed by atoms with Gasteiger partial charge < -0.3 is 9.32 Å². The lowest BCUT2D eigenvalue weighted by Gasteiger charge is -2.33. The molecule has 2 aliphatic carbocycles. The first-order valence-corrected chi connectivity index (χ1v) is 25.2. The van der Waals surface area contributed by atoms with Crippen LogP contribution in [-0.4, -0.2) is 0 Å². The number of nitrogens with zero attached hydrogens (tertiary/aromatic N) is 1. The third-order valence-corrected chi connectivity index (χ3v) is 15.7. The predicted molar refractivity (Wildman–Crippen MR) is 304 cm³/mol. The SMILES string of the molecule is c1ccc(-c2cc(-c3cccc4c3C3(c5ccccc5-c5ccccc53)c3ccccc3-4)cc(N(c3ccc(-c4ccc5c(c4)oc4ccccc45)cc3)c3ccc4ccccc4c3-c3ccccc3)c2)cc1. The number of fused-ring (bicyclic) bond motifs is 14. The van der Waals surface area contributed by atoms with Crippen LogP contribution in [0.1, 0.15) is 22.3 Å². The van der Waals surface area contributed by atoms with Crippen LogP contribution in [-0.2, 0) is 5.41 Å². The van der Waals surface area contributed by atoms with Crippen molar-refractivity contribution in [3.05, 3.63) is 295 Å². The first-order valence-electron chi connectivity index (χ1n) is 25.2. The Kier molecular flexibility index (Phi) is 9.21. The summed E-state index contributed by atoms with van der Waals surface area (Å²) in [5.74, 6) is 0. The van der Waals surface area contributed by atoms with E-state index in [0.717, 1.165) is 72.4 Å². The highest BCUT2D eigenvalue weighted by molar-refractivity contribution is 6.08. The Hall–Kier alpha value is -9.50. The van der Waals surface area contributed by atoms with Crippen molar-refractivity contribution >= 4 is 49.8 Å². The zero-order chi connectivity index (χ0) is 48.0. The monoisotopic (exact) mass is 927 g/mol. The predicted octanol–water partition coefficient (Wildman–Crippen LogP) is 19.2. The van der Waals surface area contributed by atoms with E-state index in [4.69, 9.17) is 4.42 Å². The fourth-order valence-corrected chi connectivity index (χ4v) is 12.6. The minimum atomic E-state index is -0.516. The number of furan rings is 1. The minimum absolute atomic E-state index is 0.516. The van der Waals surface area contributed by atoms with Gasteiger partial charge in [0.1, 0.15) is 11.2 Å². The van der Waals surface area contributed by atoms with Crippen LogP contribution in [0.2, 0.25) is 0 Å². The van der Waals surface area contributed by atoms with Crippen molar-refractivity contribution in [2.45, 2.75) is 5.41 Å². The second-order valence-corrected chi connectivity index (χ2v) is 19.5. The summed E-state index contributed by atoms with van der Waals surface area (Å²) in [6.07, 6.45) is 0. The lowest BCUT2D eigenvalue weighted by atomic mass is 9.68. The van der Waals surface area contributed by atoms with E-state index >= 15 is 0 Å². The van der Waals surface area contributed by atoms with Crippen LogP contribution in [0, 0.1) is 0 Å². The molecule has 1 aromatic heterocycles. The summed E-state index contributed by atoms with van der Waals surface area (Å²) < 4.78 is 6.38. The molecular formula is C71H45NO. The molecule has 2 aliphatic rings. The third-order valence-electron chi connectivity index (χ3n) is 15.7. The van der Waals surface area contributed by atoms with Gasteiger partial charge in [-0.25, -0.2) is 0 Å². The standard InChI is InChI=1S/C71H45NO/c1-3-18-46(19-4-1)51-42-52(56-28-17-29-62-59-26-11-15-32-65(59)71(70(56)62)63-30-13-9-24-57(63)58-25-10-14-31-64(58)71)44-54(43-51)72(66-41-37-48-20-7-8-23-55(48)69(66)49-21-5-2-6-22-49)53-38-34-47(35-39-53)50-36-40-61-60-27-12-16-33-67(60)73-68(61)45-50/h1-45H. The molecule has 0 N–H and O–H groups in total. The Morgan fingerprint density at radius 2 is 0.822 bits per heavy atom. The highest BCUT2D eigenvalue weighted by Crippen LogP contribution is 2.64. The summed E-state index contributed by atoms with van der Waals surface area (Å²) in [5, 5.41) is 4.66. The number of rotatable bonds is 7. The number of benzene rings is 12. The van der Waals surface area contributed by atoms with E-state index in [2.05, 4.69) is 266 Å². The Morgan fingerprint density at radius 1 is 0.288 bits per heavy atom. The molecule has 0 aliphatic heterocycles. The van der Waals surface area contributed by atoms with Crippen LogP contribution in [0.4, 0.5) is 17.1 Å². The van der Waals surface area contributed by atoms with Gasteiger partial charge in [-0.05, 0) is 149 Å². The van der Waals surface area contributed by atoms with E-state index in [9.17, 15) is 0 Å². The van der Waals surface area contributed by atoms with E-state index in [1.165, 1.54) is 66.4 Å². The van der Waals surface area contributed by atoms with Gasteiger partial charge >= 0.3 is 0 Å². The molecule has 15 rings (SSSR count). The maximum atomic E-state index is 6.38. The lowest BCUT2D eigenvalue weighted by molar-refractivity contribution is 0.669. The topological polar surface area (TPSA) is 16.4 Å². The second kappa shape index (κ2) is 16.3. The summed E-state index contributed by atoms with van der Waals surface area (Å²) in [6.45, 7) is 0. The average Bonchev–Trinajstić information content (AvgIpc) is 4.10. The summed E-state index contributed by atoms with van der Waals surface area (Å²) in [5.41, 5.74) is 24.2. The summed E-state index contributed by atoms with van der Waals surface area (Å²) in [6, 6.07) is 101. The molecule has 0 fully saturated rings. The molecule has 2 heteroatoms. The molecule has 340 valence electrons. The van der Waals surface area contributed by atoms with Gasteiger partial charge in [-0.15, -0.1) is 0 Å². The van der Waals surface area contributed by atoms with E-state index in [1.54, 1.807) is 0 Å². The number of hydrogen-bond donors (Lipinski definition) is 0. The fraction of sp³-hybridized carbons (Fsp3) is 0.0141. The van der Waals surface area contributed by atoms with Crippen LogP contribution in [0.3, 0.4) is 0 Å². The molecule has 1 spiro atoms. The minimum Gasteiger partial charge on any atom is -0.456 e. The van der Waals surface area contributed by atoms with Crippen LogP contribution in [0.25, 0.3) is 99.5 Å². The van der Waals surface area contributed by atoms with Gasteiger partial charge in [0.15, 0.2) is 0 Å². The molecule has 0 saturated carbocycles. The number of hydrogen-bond acceptors (Lipinski definition) is 2. The molecule has 1 heterocycles. The van der Waals surface area contributed by atoms with Crippen LogP contribution in [0.5, 0.6) is 0 Å². The van der Waals surface area contributed by atoms with E-state index < -0.39 is 5.41 Å². The van der Waals surface area contributed by atoms with Crippen LogP contribution >= 0.6 is 0 Å². The highest BCUT2D eigenvalue weighted by atomic mass is 16.3.